The second-order valence-corrected chi connectivity index (χ2v) is 3.53. The summed E-state index contributed by atoms with van der Waals surface area (Å²) in [4.78, 5) is 11.5. The number of Topliss-reactive ketones (excluding diaryl/α,β-unsaturated/α-hetero) is 1. The van der Waals surface area contributed by atoms with Gasteiger partial charge >= 0.3 is 0 Å². The Morgan fingerprint density at radius 2 is 1.92 bits per heavy atom. The third-order valence-electron chi connectivity index (χ3n) is 1.70. The molecule has 0 saturated carbocycles. The van der Waals surface area contributed by atoms with Gasteiger partial charge in [-0.05, 0) is 26.0 Å². The zero-order chi connectivity index (χ0) is 10.1. The van der Waals surface area contributed by atoms with Crippen LogP contribution < -0.4 is 5.73 Å². The molecular formula is C10H12FNO. The van der Waals surface area contributed by atoms with Gasteiger partial charge in [0.05, 0.1) is 11.1 Å². The Balaban J connectivity index is 3.10. The number of hydrogen-bond acceptors (Lipinski definition) is 2. The molecule has 3 heteroatoms. The Bertz CT molecular complexity index is 328. The molecule has 2 N–H and O–H groups in total. The van der Waals surface area contributed by atoms with Crippen molar-refractivity contribution < 1.29 is 9.18 Å². The van der Waals surface area contributed by atoms with Gasteiger partial charge in [-0.3, -0.25) is 4.79 Å². The maximum atomic E-state index is 13.1. The fraction of sp³-hybridized carbons (Fsp3) is 0.300. The van der Waals surface area contributed by atoms with Crippen LogP contribution in [0.2, 0.25) is 0 Å². The van der Waals surface area contributed by atoms with E-state index in [1.165, 1.54) is 18.2 Å². The summed E-state index contributed by atoms with van der Waals surface area (Å²) in [6, 6.07) is 5.84. The molecule has 70 valence electrons. The van der Waals surface area contributed by atoms with E-state index in [4.69, 9.17) is 5.73 Å². The van der Waals surface area contributed by atoms with Crippen molar-refractivity contribution in [1.82, 2.24) is 0 Å². The van der Waals surface area contributed by atoms with Crippen LogP contribution in [0.1, 0.15) is 24.2 Å². The summed E-state index contributed by atoms with van der Waals surface area (Å²) in [6.45, 7) is 3.11. The first kappa shape index (κ1) is 9.86. The van der Waals surface area contributed by atoms with E-state index in [9.17, 15) is 9.18 Å². The highest BCUT2D eigenvalue weighted by atomic mass is 19.1. The van der Waals surface area contributed by atoms with E-state index in [-0.39, 0.29) is 11.3 Å². The third-order valence-corrected chi connectivity index (χ3v) is 1.70. The van der Waals surface area contributed by atoms with Gasteiger partial charge in [0.2, 0.25) is 0 Å². The Morgan fingerprint density at radius 1 is 1.38 bits per heavy atom. The number of carbonyl (C=O) groups excluding carboxylic acids is 1. The van der Waals surface area contributed by atoms with Crippen LogP contribution in [0.15, 0.2) is 24.3 Å². The molecule has 0 bridgehead atoms. The topological polar surface area (TPSA) is 43.1 Å². The Labute approximate surface area is 76.6 Å². The van der Waals surface area contributed by atoms with E-state index < -0.39 is 11.4 Å². The smallest absolute Gasteiger partial charge is 0.184 e. The molecule has 0 amide bonds. The summed E-state index contributed by atoms with van der Waals surface area (Å²) >= 11 is 0. The lowest BCUT2D eigenvalue weighted by atomic mass is 9.94. The van der Waals surface area contributed by atoms with Gasteiger partial charge in [0.15, 0.2) is 5.78 Å². The second-order valence-electron chi connectivity index (χ2n) is 3.53. The van der Waals surface area contributed by atoms with Crippen molar-refractivity contribution in [2.45, 2.75) is 19.4 Å². The molecule has 0 aliphatic rings. The van der Waals surface area contributed by atoms with Crippen LogP contribution in [0.25, 0.3) is 0 Å². The summed E-state index contributed by atoms with van der Waals surface area (Å²) in [6.07, 6.45) is 0. The molecule has 2 nitrogen and oxygen atoms in total. The molecule has 0 aliphatic carbocycles. The van der Waals surface area contributed by atoms with Crippen molar-refractivity contribution in [3.63, 3.8) is 0 Å². The highest BCUT2D eigenvalue weighted by Crippen LogP contribution is 2.13. The van der Waals surface area contributed by atoms with Crippen LogP contribution in [0.5, 0.6) is 0 Å². The van der Waals surface area contributed by atoms with Gasteiger partial charge in [-0.25, -0.2) is 4.39 Å². The molecule has 0 aliphatic heterocycles. The fourth-order valence-corrected chi connectivity index (χ4v) is 0.992. The van der Waals surface area contributed by atoms with Gasteiger partial charge in [0, 0.05) is 0 Å². The van der Waals surface area contributed by atoms with Crippen molar-refractivity contribution in [2.24, 2.45) is 5.73 Å². The predicted molar refractivity (Wildman–Crippen MR) is 49.0 cm³/mol. The Hall–Kier alpha value is -1.22. The second kappa shape index (κ2) is 3.26. The molecule has 0 spiro atoms. The normalized spacial score (nSPS) is 11.4. The highest BCUT2D eigenvalue weighted by molar-refractivity contribution is 6.02. The molecule has 0 saturated heterocycles. The highest BCUT2D eigenvalue weighted by Gasteiger charge is 2.25. The first-order chi connectivity index (χ1) is 5.93. The summed E-state index contributed by atoms with van der Waals surface area (Å²) in [5.41, 5.74) is 4.59. The summed E-state index contributed by atoms with van der Waals surface area (Å²) in [5.74, 6) is -0.906. The number of carbonyl (C=O) groups is 1. The molecule has 1 aromatic rings. The number of benzene rings is 1. The third kappa shape index (κ3) is 2.12. The minimum atomic E-state index is -1.03. The van der Waals surface area contributed by atoms with Gasteiger partial charge < -0.3 is 5.73 Å². The van der Waals surface area contributed by atoms with Crippen molar-refractivity contribution in [1.29, 1.82) is 0 Å². The minimum Gasteiger partial charge on any atom is -0.319 e. The number of nitrogens with two attached hydrogens (primary N) is 1. The maximum absolute atomic E-state index is 13.1. The first-order valence-electron chi connectivity index (χ1n) is 4.01. The Morgan fingerprint density at radius 3 is 2.38 bits per heavy atom. The van der Waals surface area contributed by atoms with E-state index in [0.29, 0.717) is 0 Å². The van der Waals surface area contributed by atoms with Crippen LogP contribution in [0.4, 0.5) is 4.39 Å². The van der Waals surface area contributed by atoms with Crippen LogP contribution >= 0.6 is 0 Å². The predicted octanol–water partition coefficient (Wildman–Crippen LogP) is 1.75. The monoisotopic (exact) mass is 181 g/mol. The largest absolute Gasteiger partial charge is 0.319 e. The standard InChI is InChI=1S/C10H12FNO/c1-10(2,12)9(13)7-5-3-4-6-8(7)11/h3-6H,12H2,1-2H3. The SMILES string of the molecule is CC(C)(N)C(=O)c1ccccc1F. The molecule has 0 fully saturated rings. The number of rotatable bonds is 2. The number of halogens is 1. The summed E-state index contributed by atoms with van der Waals surface area (Å²) < 4.78 is 13.1. The van der Waals surface area contributed by atoms with Crippen LogP contribution in [-0.2, 0) is 0 Å². The molecular weight excluding hydrogens is 169 g/mol. The zero-order valence-electron chi connectivity index (χ0n) is 7.67. The fourth-order valence-electron chi connectivity index (χ4n) is 0.992. The molecule has 0 heterocycles. The van der Waals surface area contributed by atoms with E-state index >= 15 is 0 Å². The van der Waals surface area contributed by atoms with Crippen LogP contribution in [0.3, 0.4) is 0 Å². The van der Waals surface area contributed by atoms with E-state index in [1.54, 1.807) is 19.9 Å². The molecule has 0 aromatic heterocycles. The molecule has 1 aromatic carbocycles. The molecule has 13 heavy (non-hydrogen) atoms. The van der Waals surface area contributed by atoms with Crippen LogP contribution in [0, 0.1) is 5.82 Å². The van der Waals surface area contributed by atoms with Crippen molar-refractivity contribution in [3.8, 4) is 0 Å². The lowest BCUT2D eigenvalue weighted by Crippen LogP contribution is -2.41. The average Bonchev–Trinajstić information content (AvgIpc) is 2.02. The van der Waals surface area contributed by atoms with E-state index in [0.717, 1.165) is 0 Å². The summed E-state index contributed by atoms with van der Waals surface area (Å²) in [7, 11) is 0. The average molecular weight is 181 g/mol. The molecule has 0 unspecified atom stereocenters. The molecule has 0 atom stereocenters. The molecule has 1 rings (SSSR count). The first-order valence-corrected chi connectivity index (χ1v) is 4.01. The lowest BCUT2D eigenvalue weighted by molar-refractivity contribution is 0.0909. The quantitative estimate of drug-likeness (QED) is 0.706. The minimum absolute atomic E-state index is 0.0509. The van der Waals surface area contributed by atoms with Gasteiger partial charge in [-0.1, -0.05) is 12.1 Å². The summed E-state index contributed by atoms with van der Waals surface area (Å²) in [5, 5.41) is 0. The van der Waals surface area contributed by atoms with E-state index in [1.807, 2.05) is 0 Å². The van der Waals surface area contributed by atoms with Crippen molar-refractivity contribution in [3.05, 3.63) is 35.6 Å². The maximum Gasteiger partial charge on any atom is 0.184 e. The van der Waals surface area contributed by atoms with Gasteiger partial charge in [-0.2, -0.15) is 0 Å². The van der Waals surface area contributed by atoms with E-state index in [2.05, 4.69) is 0 Å². The Kier molecular flexibility index (Phi) is 2.48. The molecule has 0 radical (unpaired) electrons. The van der Waals surface area contributed by atoms with Gasteiger partial charge in [-0.15, -0.1) is 0 Å². The number of ketones is 1. The number of hydrogen-bond donors (Lipinski definition) is 1. The zero-order valence-corrected chi connectivity index (χ0v) is 7.67. The van der Waals surface area contributed by atoms with Crippen LogP contribution in [-0.4, -0.2) is 11.3 Å². The van der Waals surface area contributed by atoms with Crippen molar-refractivity contribution in [2.75, 3.05) is 0 Å². The lowest BCUT2D eigenvalue weighted by Gasteiger charge is -2.16. The van der Waals surface area contributed by atoms with Gasteiger partial charge in [0.1, 0.15) is 5.82 Å². The van der Waals surface area contributed by atoms with Crippen molar-refractivity contribution >= 4 is 5.78 Å². The van der Waals surface area contributed by atoms with Gasteiger partial charge in [0.25, 0.3) is 0 Å².